The van der Waals surface area contributed by atoms with Crippen molar-refractivity contribution in [3.05, 3.63) is 29.3 Å². The van der Waals surface area contributed by atoms with Crippen LogP contribution in [0.1, 0.15) is 25.0 Å². The van der Waals surface area contributed by atoms with Gasteiger partial charge in [0, 0.05) is 13.1 Å². The minimum Gasteiger partial charge on any atom is -0.325 e. The Hall–Kier alpha value is -2.02. The lowest BCUT2D eigenvalue weighted by atomic mass is 10.1. The van der Waals surface area contributed by atoms with Crippen LogP contribution in [0.5, 0.6) is 0 Å². The third-order valence-electron chi connectivity index (χ3n) is 2.68. The van der Waals surface area contributed by atoms with Gasteiger partial charge < -0.3 is 10.2 Å². The monoisotopic (exact) mass is 231 g/mol. The van der Waals surface area contributed by atoms with Crippen molar-refractivity contribution in [2.24, 2.45) is 0 Å². The molecule has 90 valence electrons. The molecule has 0 aromatic heterocycles. The summed E-state index contributed by atoms with van der Waals surface area (Å²) in [5.41, 5.74) is 1.96. The molecule has 17 heavy (non-hydrogen) atoms. The first-order valence-corrected chi connectivity index (χ1v) is 5.69. The largest absolute Gasteiger partial charge is 0.325 e. The highest BCUT2D eigenvalue weighted by Gasteiger charge is 2.12. The molecular formula is C13H17N3O. The minimum absolute atomic E-state index is 0.169. The quantitative estimate of drug-likeness (QED) is 0.869. The average molecular weight is 231 g/mol. The summed E-state index contributed by atoms with van der Waals surface area (Å²) in [4.78, 5) is 13.5. The second-order valence-electron chi connectivity index (χ2n) is 3.71. The van der Waals surface area contributed by atoms with Crippen molar-refractivity contribution in [3.8, 4) is 6.07 Å². The first-order valence-electron chi connectivity index (χ1n) is 5.69. The Bertz CT molecular complexity index is 444. The second kappa shape index (κ2) is 5.90. The Morgan fingerprint density at radius 3 is 2.59 bits per heavy atom. The van der Waals surface area contributed by atoms with Crippen molar-refractivity contribution >= 4 is 11.7 Å². The molecule has 0 bridgehead atoms. The lowest BCUT2D eigenvalue weighted by Gasteiger charge is -2.19. The maximum Gasteiger partial charge on any atom is 0.321 e. The van der Waals surface area contributed by atoms with Gasteiger partial charge in [0.2, 0.25) is 0 Å². The molecule has 0 radical (unpaired) electrons. The molecule has 1 aromatic carbocycles. The summed E-state index contributed by atoms with van der Waals surface area (Å²) in [5, 5.41) is 11.8. The predicted molar refractivity (Wildman–Crippen MR) is 67.8 cm³/mol. The maximum absolute atomic E-state index is 11.9. The lowest BCUT2D eigenvalue weighted by Crippen LogP contribution is -2.34. The third-order valence-corrected chi connectivity index (χ3v) is 2.68. The second-order valence-corrected chi connectivity index (χ2v) is 3.71. The summed E-state index contributed by atoms with van der Waals surface area (Å²) in [6, 6.07) is 7.36. The number of aryl methyl sites for hydroxylation is 1. The highest BCUT2D eigenvalue weighted by Crippen LogP contribution is 2.18. The third kappa shape index (κ3) is 2.97. The van der Waals surface area contributed by atoms with Crippen molar-refractivity contribution < 1.29 is 4.79 Å². The molecule has 4 heteroatoms. The number of nitrogens with zero attached hydrogens (tertiary/aromatic N) is 2. The summed E-state index contributed by atoms with van der Waals surface area (Å²) in [6.07, 6.45) is 0. The molecule has 0 unspecified atom stereocenters. The van der Waals surface area contributed by atoms with Gasteiger partial charge in [0.05, 0.1) is 11.3 Å². The van der Waals surface area contributed by atoms with Gasteiger partial charge in [-0.15, -0.1) is 0 Å². The van der Waals surface area contributed by atoms with E-state index in [0.717, 1.165) is 5.56 Å². The van der Waals surface area contributed by atoms with Gasteiger partial charge in [-0.1, -0.05) is 12.1 Å². The molecule has 0 atom stereocenters. The zero-order chi connectivity index (χ0) is 12.8. The zero-order valence-electron chi connectivity index (χ0n) is 10.4. The smallest absolute Gasteiger partial charge is 0.321 e. The van der Waals surface area contributed by atoms with E-state index in [1.807, 2.05) is 32.9 Å². The molecule has 0 heterocycles. The van der Waals surface area contributed by atoms with E-state index in [0.29, 0.717) is 24.3 Å². The van der Waals surface area contributed by atoms with Crippen LogP contribution < -0.4 is 5.32 Å². The number of hydrogen-bond donors (Lipinski definition) is 1. The number of rotatable bonds is 3. The van der Waals surface area contributed by atoms with Crippen LogP contribution in [0.15, 0.2) is 18.2 Å². The number of hydrogen-bond acceptors (Lipinski definition) is 2. The first-order chi connectivity index (χ1) is 8.13. The predicted octanol–water partition coefficient (Wildman–Crippen LogP) is 2.74. The molecule has 0 saturated carbocycles. The van der Waals surface area contributed by atoms with Crippen molar-refractivity contribution in [1.29, 1.82) is 5.26 Å². The van der Waals surface area contributed by atoms with Crippen molar-refractivity contribution in [3.63, 3.8) is 0 Å². The van der Waals surface area contributed by atoms with Gasteiger partial charge in [0.15, 0.2) is 0 Å². The number of anilines is 1. The Balaban J connectivity index is 2.93. The average Bonchev–Trinajstić information content (AvgIpc) is 2.31. The fraction of sp³-hybridized carbons (Fsp3) is 0.385. The molecule has 1 rings (SSSR count). The van der Waals surface area contributed by atoms with E-state index in [2.05, 4.69) is 11.4 Å². The standard InChI is InChI=1S/C13H17N3O/c1-4-16(5-2)13(17)15-12-8-6-7-10(3)11(12)9-14/h6-8H,4-5H2,1-3H3,(H,15,17). The molecule has 0 aliphatic carbocycles. The van der Waals surface area contributed by atoms with Crippen molar-refractivity contribution in [1.82, 2.24) is 4.90 Å². The Morgan fingerprint density at radius 1 is 1.41 bits per heavy atom. The summed E-state index contributed by atoms with van der Waals surface area (Å²) in [6.45, 7) is 6.99. The topological polar surface area (TPSA) is 56.1 Å². The Labute approximate surface area is 102 Å². The number of nitrogens with one attached hydrogen (secondary N) is 1. The fourth-order valence-electron chi connectivity index (χ4n) is 1.63. The van der Waals surface area contributed by atoms with Gasteiger partial charge in [-0.2, -0.15) is 5.26 Å². The summed E-state index contributed by atoms with van der Waals surface area (Å²) in [5.74, 6) is 0. The highest BCUT2D eigenvalue weighted by atomic mass is 16.2. The molecule has 1 N–H and O–H groups in total. The van der Waals surface area contributed by atoms with Crippen LogP contribution >= 0.6 is 0 Å². The number of nitriles is 1. The van der Waals surface area contributed by atoms with E-state index < -0.39 is 0 Å². The molecule has 0 aliphatic rings. The molecule has 0 saturated heterocycles. The number of carbonyl (C=O) groups is 1. The van der Waals surface area contributed by atoms with Gasteiger partial charge in [-0.25, -0.2) is 4.79 Å². The van der Waals surface area contributed by atoms with Gasteiger partial charge in [0.25, 0.3) is 0 Å². The first kappa shape index (κ1) is 13.0. The molecule has 4 nitrogen and oxygen atoms in total. The van der Waals surface area contributed by atoms with Gasteiger partial charge >= 0.3 is 6.03 Å². The van der Waals surface area contributed by atoms with Crippen LogP contribution in [0.2, 0.25) is 0 Å². The van der Waals surface area contributed by atoms with Crippen LogP contribution in [-0.4, -0.2) is 24.0 Å². The van der Waals surface area contributed by atoms with E-state index >= 15 is 0 Å². The van der Waals surface area contributed by atoms with Crippen LogP contribution in [0.25, 0.3) is 0 Å². The Kier molecular flexibility index (Phi) is 4.53. The van der Waals surface area contributed by atoms with E-state index in [4.69, 9.17) is 5.26 Å². The maximum atomic E-state index is 11.9. The lowest BCUT2D eigenvalue weighted by molar-refractivity contribution is 0.217. The molecule has 0 spiro atoms. The Morgan fingerprint density at radius 2 is 2.06 bits per heavy atom. The van der Waals surface area contributed by atoms with Crippen LogP contribution in [0, 0.1) is 18.3 Å². The molecule has 2 amide bonds. The highest BCUT2D eigenvalue weighted by molar-refractivity contribution is 5.91. The number of benzene rings is 1. The van der Waals surface area contributed by atoms with Crippen LogP contribution in [0.3, 0.4) is 0 Å². The van der Waals surface area contributed by atoms with E-state index in [1.165, 1.54) is 0 Å². The van der Waals surface area contributed by atoms with Gasteiger partial charge in [-0.3, -0.25) is 0 Å². The van der Waals surface area contributed by atoms with E-state index in [1.54, 1.807) is 11.0 Å². The van der Waals surface area contributed by atoms with Gasteiger partial charge in [-0.05, 0) is 32.4 Å². The number of amides is 2. The summed E-state index contributed by atoms with van der Waals surface area (Å²) < 4.78 is 0. The van der Waals surface area contributed by atoms with Crippen LogP contribution in [0.4, 0.5) is 10.5 Å². The minimum atomic E-state index is -0.169. The van der Waals surface area contributed by atoms with Crippen molar-refractivity contribution in [2.45, 2.75) is 20.8 Å². The molecule has 0 fully saturated rings. The fourth-order valence-corrected chi connectivity index (χ4v) is 1.63. The normalized spacial score (nSPS) is 9.53. The summed E-state index contributed by atoms with van der Waals surface area (Å²) >= 11 is 0. The number of urea groups is 1. The van der Waals surface area contributed by atoms with E-state index in [9.17, 15) is 4.79 Å². The molecular weight excluding hydrogens is 214 g/mol. The number of carbonyl (C=O) groups excluding carboxylic acids is 1. The van der Waals surface area contributed by atoms with Crippen LogP contribution in [-0.2, 0) is 0 Å². The van der Waals surface area contributed by atoms with E-state index in [-0.39, 0.29) is 6.03 Å². The SMILES string of the molecule is CCN(CC)C(=O)Nc1cccc(C)c1C#N. The van der Waals surface area contributed by atoms with Gasteiger partial charge in [0.1, 0.15) is 6.07 Å². The van der Waals surface area contributed by atoms with Crippen molar-refractivity contribution in [2.75, 3.05) is 18.4 Å². The molecule has 1 aromatic rings. The molecule has 0 aliphatic heterocycles. The summed E-state index contributed by atoms with van der Waals surface area (Å²) in [7, 11) is 0. The zero-order valence-corrected chi connectivity index (χ0v) is 10.4.